The normalized spacial score (nSPS) is 20.2. The molecule has 6 N–H and O–H groups in total. The predicted molar refractivity (Wildman–Crippen MR) is 158 cm³/mol. The van der Waals surface area contributed by atoms with Gasteiger partial charge in [0.15, 0.2) is 17.4 Å². The lowest BCUT2D eigenvalue weighted by Gasteiger charge is -2.36. The number of imidazole rings is 1. The van der Waals surface area contributed by atoms with Crippen LogP contribution in [0.15, 0.2) is 36.5 Å². The molecule has 1 saturated carbocycles. The lowest BCUT2D eigenvalue weighted by molar-refractivity contribution is -0.124. The van der Waals surface area contributed by atoms with Gasteiger partial charge in [-0.1, -0.05) is 11.6 Å². The van der Waals surface area contributed by atoms with Gasteiger partial charge in [-0.05, 0) is 49.6 Å². The fraction of sp³-hybridized carbons (Fsp3) is 0.345. The van der Waals surface area contributed by atoms with Crippen LogP contribution in [0.3, 0.4) is 0 Å². The number of halogens is 3. The summed E-state index contributed by atoms with van der Waals surface area (Å²) >= 11 is 6.35. The molecule has 2 aliphatic rings. The molecule has 45 heavy (non-hydrogen) atoms. The van der Waals surface area contributed by atoms with E-state index in [4.69, 9.17) is 26.2 Å². The Bertz CT molecular complexity index is 1600. The van der Waals surface area contributed by atoms with Gasteiger partial charge in [0.1, 0.15) is 0 Å². The van der Waals surface area contributed by atoms with E-state index in [-0.39, 0.29) is 57.9 Å². The third kappa shape index (κ3) is 7.56. The molecule has 0 bridgehead atoms. The third-order valence-corrected chi connectivity index (χ3v) is 7.76. The van der Waals surface area contributed by atoms with Crippen molar-refractivity contribution in [3.63, 3.8) is 0 Å². The number of benzene rings is 2. The van der Waals surface area contributed by atoms with Crippen LogP contribution >= 0.6 is 11.6 Å². The zero-order valence-electron chi connectivity index (χ0n) is 24.1. The Labute approximate surface area is 260 Å². The minimum Gasteiger partial charge on any atom is -0.494 e. The minimum atomic E-state index is -1.15. The zero-order chi connectivity index (χ0) is 32.8. The summed E-state index contributed by atoms with van der Waals surface area (Å²) in [6, 6.07) is 6.40. The number of carbonyl (C=O) groups is 4. The Morgan fingerprint density at radius 1 is 1.09 bits per heavy atom. The monoisotopic (exact) mass is 648 g/mol. The Balaban J connectivity index is 0.00000148. The number of methoxy groups -OCH3 is 1. The maximum Gasteiger partial charge on any atom is 0.291 e. The molecule has 0 spiro atoms. The van der Waals surface area contributed by atoms with E-state index in [1.165, 1.54) is 55.3 Å². The number of nitrogens with one attached hydrogen (secondary N) is 4. The molecule has 1 aromatic heterocycles. The highest BCUT2D eigenvalue weighted by atomic mass is 35.5. The third-order valence-electron chi connectivity index (χ3n) is 7.45. The number of carboxylic acid groups (broad SMARTS) is 1. The number of hydrogen-bond donors (Lipinski definition) is 6. The van der Waals surface area contributed by atoms with Gasteiger partial charge in [-0.15, -0.1) is 0 Å². The molecule has 3 aromatic rings. The fourth-order valence-electron chi connectivity index (χ4n) is 5.06. The molecule has 2 atom stereocenters. The van der Waals surface area contributed by atoms with Crippen LogP contribution in [0, 0.1) is 11.6 Å². The SMILES string of the molecule is COc1ccc(-c2cnc(C(=O)Nc3ccc(C(=O)NC4CC(NC(=O)C5C[C@@H](O)CN5)C4)c(Cl)c3)n2C)c(F)c1F.O=CO. The molecule has 5 rings (SSSR count). The Hall–Kier alpha value is -4.60. The van der Waals surface area contributed by atoms with Gasteiger partial charge in [0, 0.05) is 36.9 Å². The molecular weight excluding hydrogens is 618 g/mol. The second-order valence-corrected chi connectivity index (χ2v) is 10.8. The van der Waals surface area contributed by atoms with E-state index in [0.717, 1.165) is 0 Å². The van der Waals surface area contributed by atoms with Crippen LogP contribution in [0.25, 0.3) is 11.3 Å². The summed E-state index contributed by atoms with van der Waals surface area (Å²) in [5.74, 6) is -3.77. The first-order valence-electron chi connectivity index (χ1n) is 13.7. The molecule has 3 amide bonds. The number of β-amino-alcohol motifs (C(OH)–C–C–N with tert-alkyl or cyclic N) is 1. The standard InChI is InChI=1S/C28H29ClF2N6O5.CH2O2/c1-37-21(18-5-6-22(42-2)24(31)23(18)30)12-33-25(37)28(41)34-13-3-4-17(19(29)9-13)26(39)35-14-7-15(8-14)36-27(40)20-10-16(38)11-32-20;2-1-3/h3-6,9,12,14-16,20,32,38H,7-8,10-11H2,1-2H3,(H,34,41)(H,35,39)(H,36,40);1H,(H,2,3)/t14?,15?,16-,20?;/m1./s1. The van der Waals surface area contributed by atoms with E-state index < -0.39 is 35.6 Å². The summed E-state index contributed by atoms with van der Waals surface area (Å²) < 4.78 is 34.9. The molecule has 16 heteroatoms. The van der Waals surface area contributed by atoms with Crippen molar-refractivity contribution in [3.8, 4) is 17.0 Å². The van der Waals surface area contributed by atoms with Crippen LogP contribution in [0.4, 0.5) is 14.5 Å². The van der Waals surface area contributed by atoms with E-state index >= 15 is 0 Å². The summed E-state index contributed by atoms with van der Waals surface area (Å²) in [4.78, 5) is 50.4. The molecular formula is C29H31ClF2N6O7. The molecule has 0 radical (unpaired) electrons. The average molecular weight is 649 g/mol. The molecule has 2 heterocycles. The van der Waals surface area contributed by atoms with Gasteiger partial charge in [-0.2, -0.15) is 4.39 Å². The molecule has 1 saturated heterocycles. The second kappa shape index (κ2) is 14.5. The van der Waals surface area contributed by atoms with Gasteiger partial charge in [0.05, 0.1) is 41.7 Å². The highest BCUT2D eigenvalue weighted by Crippen LogP contribution is 2.30. The predicted octanol–water partition coefficient (Wildman–Crippen LogP) is 2.08. The van der Waals surface area contributed by atoms with Crippen LogP contribution in [-0.2, 0) is 16.6 Å². The summed E-state index contributed by atoms with van der Waals surface area (Å²) in [6.45, 7) is 0.142. The number of nitrogens with zero attached hydrogens (tertiary/aromatic N) is 2. The van der Waals surface area contributed by atoms with E-state index in [2.05, 4.69) is 26.3 Å². The smallest absolute Gasteiger partial charge is 0.291 e. The molecule has 240 valence electrons. The first kappa shape index (κ1) is 33.3. The number of ether oxygens (including phenoxy) is 1. The molecule has 1 unspecified atom stereocenters. The number of anilines is 1. The highest BCUT2D eigenvalue weighted by Gasteiger charge is 2.35. The molecule has 1 aliphatic heterocycles. The van der Waals surface area contributed by atoms with E-state index in [1.807, 2.05) is 0 Å². The first-order valence-corrected chi connectivity index (χ1v) is 14.1. The van der Waals surface area contributed by atoms with Crippen molar-refractivity contribution >= 4 is 41.5 Å². The minimum absolute atomic E-state index is 0.0647. The first-order chi connectivity index (χ1) is 21.5. The van der Waals surface area contributed by atoms with Crippen LogP contribution in [0.1, 0.15) is 40.2 Å². The summed E-state index contributed by atoms with van der Waals surface area (Å²) in [5, 5.41) is 28.0. The highest BCUT2D eigenvalue weighted by molar-refractivity contribution is 6.34. The lowest BCUT2D eigenvalue weighted by Crippen LogP contribution is -2.56. The Kier molecular flexibility index (Phi) is 10.7. The number of hydrogen-bond acceptors (Lipinski definition) is 8. The van der Waals surface area contributed by atoms with E-state index in [1.54, 1.807) is 0 Å². The van der Waals surface area contributed by atoms with Crippen molar-refractivity contribution < 1.29 is 42.9 Å². The van der Waals surface area contributed by atoms with Crippen LogP contribution in [0.5, 0.6) is 5.75 Å². The van der Waals surface area contributed by atoms with Gasteiger partial charge in [0.2, 0.25) is 11.7 Å². The van der Waals surface area contributed by atoms with Crippen molar-refractivity contribution in [1.29, 1.82) is 0 Å². The molecule has 1 aliphatic carbocycles. The number of aliphatic hydroxyl groups is 1. The van der Waals surface area contributed by atoms with Crippen molar-refractivity contribution in [3.05, 3.63) is 64.6 Å². The molecule has 2 fully saturated rings. The van der Waals surface area contributed by atoms with Gasteiger partial charge in [-0.3, -0.25) is 19.2 Å². The number of carbonyl (C=O) groups excluding carboxylic acids is 3. The number of aliphatic hydroxyl groups excluding tert-OH is 1. The molecule has 13 nitrogen and oxygen atoms in total. The van der Waals surface area contributed by atoms with E-state index in [9.17, 15) is 28.3 Å². The van der Waals surface area contributed by atoms with Crippen molar-refractivity contribution in [2.45, 2.75) is 43.5 Å². The van der Waals surface area contributed by atoms with Crippen LogP contribution in [-0.4, -0.2) is 81.8 Å². The Morgan fingerprint density at radius 3 is 2.40 bits per heavy atom. The summed E-state index contributed by atoms with van der Waals surface area (Å²) in [6.07, 6.45) is 2.24. The second-order valence-electron chi connectivity index (χ2n) is 10.4. The Morgan fingerprint density at radius 2 is 1.78 bits per heavy atom. The van der Waals surface area contributed by atoms with Gasteiger partial charge in [-0.25, -0.2) is 9.37 Å². The van der Waals surface area contributed by atoms with Gasteiger partial charge in [0.25, 0.3) is 18.3 Å². The van der Waals surface area contributed by atoms with Crippen molar-refractivity contribution in [2.24, 2.45) is 7.05 Å². The zero-order valence-corrected chi connectivity index (χ0v) is 24.9. The quantitative estimate of drug-likeness (QED) is 0.199. The summed E-state index contributed by atoms with van der Waals surface area (Å²) in [5.41, 5.74) is 0.593. The molecule has 2 aromatic carbocycles. The fourth-order valence-corrected chi connectivity index (χ4v) is 5.32. The topological polar surface area (TPSA) is 184 Å². The van der Waals surface area contributed by atoms with E-state index in [0.29, 0.717) is 31.5 Å². The van der Waals surface area contributed by atoms with Gasteiger partial charge < -0.3 is 40.8 Å². The number of rotatable bonds is 8. The van der Waals surface area contributed by atoms with Crippen molar-refractivity contribution in [2.75, 3.05) is 19.0 Å². The van der Waals surface area contributed by atoms with Crippen molar-refractivity contribution in [1.82, 2.24) is 25.5 Å². The number of amides is 3. The largest absolute Gasteiger partial charge is 0.494 e. The van der Waals surface area contributed by atoms with Crippen LogP contribution < -0.4 is 26.0 Å². The number of aromatic nitrogens is 2. The van der Waals surface area contributed by atoms with Crippen LogP contribution in [0.2, 0.25) is 5.02 Å². The maximum absolute atomic E-state index is 14.6. The lowest BCUT2D eigenvalue weighted by atomic mass is 9.86. The van der Waals surface area contributed by atoms with Gasteiger partial charge >= 0.3 is 0 Å². The maximum atomic E-state index is 14.6. The average Bonchev–Trinajstić information content (AvgIpc) is 3.59. The summed E-state index contributed by atoms with van der Waals surface area (Å²) in [7, 11) is 2.72.